The minimum Gasteiger partial charge on any atom is -0.436 e. The van der Waals surface area contributed by atoms with Gasteiger partial charge in [-0.25, -0.2) is 4.98 Å². The van der Waals surface area contributed by atoms with Crippen LogP contribution in [-0.4, -0.2) is 11.3 Å². The van der Waals surface area contributed by atoms with Crippen LogP contribution in [0.25, 0.3) is 27.4 Å². The Balaban J connectivity index is 1.71. The summed E-state index contributed by atoms with van der Waals surface area (Å²) in [5.74, 6) is 0.250. The Labute approximate surface area is 148 Å². The summed E-state index contributed by atoms with van der Waals surface area (Å²) in [4.78, 5) is 15.8. The predicted octanol–water partition coefficient (Wildman–Crippen LogP) is 5.29. The van der Waals surface area contributed by atoms with Gasteiger partial charge in [-0.2, -0.15) is 0 Å². The molecule has 1 N–H and O–H groups in total. The summed E-state index contributed by atoms with van der Waals surface area (Å²) in [5, 5.41) is 5.92. The Morgan fingerprint density at radius 3 is 2.80 bits per heavy atom. The number of nitrogens with one attached hydrogen (secondary N) is 1. The molecular weight excluding hydrogens is 336 g/mol. The molecule has 0 radical (unpaired) electrons. The van der Waals surface area contributed by atoms with Crippen LogP contribution in [0.3, 0.4) is 0 Å². The third-order valence-corrected chi connectivity index (χ3v) is 4.13. The minimum absolute atomic E-state index is 0.250. The van der Waals surface area contributed by atoms with Crippen LogP contribution in [0.5, 0.6) is 0 Å². The molecule has 25 heavy (non-hydrogen) atoms. The number of aldehydes is 1. The second kappa shape index (κ2) is 6.42. The van der Waals surface area contributed by atoms with Crippen molar-refractivity contribution in [1.82, 2.24) is 4.98 Å². The smallest absolute Gasteiger partial charge is 0.232 e. The van der Waals surface area contributed by atoms with E-state index in [4.69, 9.17) is 16.0 Å². The van der Waals surface area contributed by atoms with E-state index >= 15 is 0 Å². The number of carbonyl (C=O) groups is 1. The van der Waals surface area contributed by atoms with Crippen molar-refractivity contribution < 1.29 is 9.21 Å². The summed E-state index contributed by atoms with van der Waals surface area (Å²) in [7, 11) is 0. The van der Waals surface area contributed by atoms with Crippen LogP contribution < -0.4 is 5.32 Å². The Bertz CT molecular complexity index is 1110. The zero-order valence-corrected chi connectivity index (χ0v) is 13.8. The van der Waals surface area contributed by atoms with Gasteiger partial charge in [0.2, 0.25) is 5.89 Å². The number of allylic oxidation sites excluding steroid dienone is 1. The molecule has 3 aromatic carbocycles. The fraction of sp³-hybridized carbons (Fsp3) is 0. The highest BCUT2D eigenvalue weighted by Gasteiger charge is 2.11. The number of nitrogens with zero attached hydrogens (tertiary/aromatic N) is 1. The number of fused-ring (bicyclic) bond motifs is 2. The van der Waals surface area contributed by atoms with Crippen LogP contribution in [0.1, 0.15) is 5.89 Å². The van der Waals surface area contributed by atoms with Gasteiger partial charge >= 0.3 is 0 Å². The third-order valence-electron chi connectivity index (χ3n) is 3.90. The summed E-state index contributed by atoms with van der Waals surface area (Å²) < 4.78 is 5.64. The monoisotopic (exact) mass is 348 g/mol. The minimum atomic E-state index is 0.250. The van der Waals surface area contributed by atoms with Crippen LogP contribution in [-0.2, 0) is 4.79 Å². The Kier molecular flexibility index (Phi) is 3.96. The molecule has 0 aliphatic heterocycles. The van der Waals surface area contributed by atoms with Gasteiger partial charge in [-0.15, -0.1) is 0 Å². The highest BCUT2D eigenvalue weighted by Crippen LogP contribution is 2.25. The van der Waals surface area contributed by atoms with E-state index in [0.29, 0.717) is 28.0 Å². The maximum absolute atomic E-state index is 11.5. The van der Waals surface area contributed by atoms with Gasteiger partial charge in [0.15, 0.2) is 11.9 Å². The first-order valence-electron chi connectivity index (χ1n) is 7.71. The van der Waals surface area contributed by atoms with Gasteiger partial charge < -0.3 is 9.73 Å². The van der Waals surface area contributed by atoms with E-state index in [2.05, 4.69) is 10.3 Å². The molecular formula is C20H13ClN2O2. The molecule has 1 aromatic heterocycles. The molecule has 0 amide bonds. The largest absolute Gasteiger partial charge is 0.436 e. The van der Waals surface area contributed by atoms with Gasteiger partial charge in [-0.1, -0.05) is 48.0 Å². The summed E-state index contributed by atoms with van der Waals surface area (Å²) in [6.45, 7) is 0. The first-order chi connectivity index (χ1) is 12.2. The van der Waals surface area contributed by atoms with E-state index in [9.17, 15) is 4.79 Å². The highest BCUT2D eigenvalue weighted by molar-refractivity contribution is 6.31. The van der Waals surface area contributed by atoms with Crippen molar-refractivity contribution in [2.75, 3.05) is 5.32 Å². The van der Waals surface area contributed by atoms with Gasteiger partial charge in [-0.3, -0.25) is 4.79 Å². The van der Waals surface area contributed by atoms with Crippen molar-refractivity contribution in [3.8, 4) is 0 Å². The van der Waals surface area contributed by atoms with E-state index in [1.165, 1.54) is 0 Å². The van der Waals surface area contributed by atoms with Crippen molar-refractivity contribution in [2.45, 2.75) is 0 Å². The number of hydrogen-bond donors (Lipinski definition) is 1. The van der Waals surface area contributed by atoms with E-state index in [1.54, 1.807) is 24.4 Å². The number of aromatic nitrogens is 1. The number of rotatable bonds is 4. The standard InChI is InChI=1S/C20H13ClN2O2/c21-15-8-9-19-18(10-15)23-20(25-19)14(12-24)11-22-17-7-3-5-13-4-1-2-6-16(13)17/h1-12,22H/b14-11+. The Hall–Kier alpha value is -3.11. The van der Waals surface area contributed by atoms with Gasteiger partial charge in [0.25, 0.3) is 0 Å². The third kappa shape index (κ3) is 2.99. The average Bonchev–Trinajstić information content (AvgIpc) is 3.05. The number of anilines is 1. The number of carbonyl (C=O) groups excluding carboxylic acids is 1. The zero-order valence-electron chi connectivity index (χ0n) is 13.1. The van der Waals surface area contributed by atoms with E-state index in [-0.39, 0.29) is 5.89 Å². The van der Waals surface area contributed by atoms with Crippen LogP contribution in [0.4, 0.5) is 5.69 Å². The van der Waals surface area contributed by atoms with Crippen LogP contribution in [0.2, 0.25) is 5.02 Å². The van der Waals surface area contributed by atoms with Crippen molar-refractivity contribution in [1.29, 1.82) is 0 Å². The molecule has 0 saturated heterocycles. The molecule has 4 nitrogen and oxygen atoms in total. The normalized spacial score (nSPS) is 11.8. The fourth-order valence-electron chi connectivity index (χ4n) is 2.68. The van der Waals surface area contributed by atoms with Crippen LogP contribution in [0.15, 0.2) is 71.3 Å². The lowest BCUT2D eigenvalue weighted by atomic mass is 10.1. The van der Waals surface area contributed by atoms with Crippen molar-refractivity contribution in [3.05, 3.63) is 77.8 Å². The SMILES string of the molecule is O=C/C(=C\Nc1cccc2ccccc12)c1nc2cc(Cl)ccc2o1. The van der Waals surface area contributed by atoms with Crippen molar-refractivity contribution in [2.24, 2.45) is 0 Å². The fourth-order valence-corrected chi connectivity index (χ4v) is 2.84. The molecule has 0 aliphatic rings. The second-order valence-electron chi connectivity index (χ2n) is 5.52. The maximum atomic E-state index is 11.5. The lowest BCUT2D eigenvalue weighted by Gasteiger charge is -2.06. The number of halogens is 1. The second-order valence-corrected chi connectivity index (χ2v) is 5.96. The molecule has 4 aromatic rings. The van der Waals surface area contributed by atoms with Gasteiger partial charge in [0.05, 0.1) is 5.57 Å². The molecule has 5 heteroatoms. The molecule has 0 fully saturated rings. The maximum Gasteiger partial charge on any atom is 0.232 e. The first-order valence-corrected chi connectivity index (χ1v) is 8.08. The van der Waals surface area contributed by atoms with E-state index in [0.717, 1.165) is 16.5 Å². The summed E-state index contributed by atoms with van der Waals surface area (Å²) >= 11 is 5.96. The summed E-state index contributed by atoms with van der Waals surface area (Å²) in [6.07, 6.45) is 2.31. The average molecular weight is 349 g/mol. The quantitative estimate of drug-likeness (QED) is 0.402. The molecule has 0 bridgehead atoms. The molecule has 0 unspecified atom stereocenters. The molecule has 1 heterocycles. The van der Waals surface area contributed by atoms with Crippen LogP contribution >= 0.6 is 11.6 Å². The Morgan fingerprint density at radius 1 is 1.08 bits per heavy atom. The lowest BCUT2D eigenvalue weighted by molar-refractivity contribution is -0.103. The predicted molar refractivity (Wildman–Crippen MR) is 101 cm³/mol. The Morgan fingerprint density at radius 2 is 1.92 bits per heavy atom. The topological polar surface area (TPSA) is 55.1 Å². The van der Waals surface area contributed by atoms with Gasteiger partial charge in [0.1, 0.15) is 5.52 Å². The van der Waals surface area contributed by atoms with Crippen molar-refractivity contribution in [3.63, 3.8) is 0 Å². The lowest BCUT2D eigenvalue weighted by Crippen LogP contribution is -1.94. The summed E-state index contributed by atoms with van der Waals surface area (Å²) in [5.41, 5.74) is 2.41. The van der Waals surface area contributed by atoms with E-state index in [1.807, 2.05) is 42.5 Å². The number of oxazole rings is 1. The zero-order chi connectivity index (χ0) is 17.2. The molecule has 0 spiro atoms. The molecule has 0 aliphatic carbocycles. The molecule has 122 valence electrons. The summed E-state index contributed by atoms with van der Waals surface area (Å²) in [6, 6.07) is 19.1. The van der Waals surface area contributed by atoms with Crippen LogP contribution in [0, 0.1) is 0 Å². The van der Waals surface area contributed by atoms with Crippen molar-refractivity contribution >= 4 is 51.0 Å². The number of hydrogen-bond acceptors (Lipinski definition) is 4. The highest BCUT2D eigenvalue weighted by atomic mass is 35.5. The molecule has 4 rings (SSSR count). The number of benzene rings is 3. The molecule has 0 saturated carbocycles. The first kappa shape index (κ1) is 15.4. The van der Waals surface area contributed by atoms with E-state index < -0.39 is 0 Å². The van der Waals surface area contributed by atoms with Gasteiger partial charge in [0, 0.05) is 22.3 Å². The molecule has 0 atom stereocenters. The van der Waals surface area contributed by atoms with Gasteiger partial charge in [-0.05, 0) is 29.7 Å².